The summed E-state index contributed by atoms with van der Waals surface area (Å²) in [5, 5.41) is 7.89. The number of likely N-dealkylation sites (tertiary alicyclic amines) is 1. The van der Waals surface area contributed by atoms with Gasteiger partial charge in [0.25, 0.3) is 0 Å². The van der Waals surface area contributed by atoms with Gasteiger partial charge in [0.05, 0.1) is 4.90 Å². The third-order valence-electron chi connectivity index (χ3n) is 5.41. The summed E-state index contributed by atoms with van der Waals surface area (Å²) in [6, 6.07) is 5.79. The van der Waals surface area contributed by atoms with Gasteiger partial charge < -0.3 is 10.2 Å². The SMILES string of the molecule is CCCCCCCCC(=O)N1CCC(C(=O)Nc2ccc(S(N)(=O)=O)cc2)CC1. The Balaban J connectivity index is 1.71. The number of carbonyl (C=O) groups excluding carboxylic acids is 2. The molecule has 162 valence electrons. The molecule has 0 atom stereocenters. The van der Waals surface area contributed by atoms with Crippen LogP contribution in [0.4, 0.5) is 5.69 Å². The second-order valence-electron chi connectivity index (χ2n) is 7.73. The average Bonchev–Trinajstić information content (AvgIpc) is 2.70. The van der Waals surface area contributed by atoms with Crippen LogP contribution in [0.2, 0.25) is 0 Å². The summed E-state index contributed by atoms with van der Waals surface area (Å²) < 4.78 is 22.6. The topological polar surface area (TPSA) is 110 Å². The maximum Gasteiger partial charge on any atom is 0.238 e. The Morgan fingerprint density at radius 2 is 1.62 bits per heavy atom. The summed E-state index contributed by atoms with van der Waals surface area (Å²) in [7, 11) is -3.75. The van der Waals surface area contributed by atoms with Crippen LogP contribution in [0, 0.1) is 5.92 Å². The first-order chi connectivity index (χ1) is 13.8. The molecule has 1 fully saturated rings. The summed E-state index contributed by atoms with van der Waals surface area (Å²) in [5.41, 5.74) is 0.531. The van der Waals surface area contributed by atoms with E-state index in [2.05, 4.69) is 12.2 Å². The number of nitrogens with zero attached hydrogens (tertiary/aromatic N) is 1. The highest BCUT2D eigenvalue weighted by molar-refractivity contribution is 7.89. The van der Waals surface area contributed by atoms with E-state index in [-0.39, 0.29) is 22.6 Å². The number of nitrogens with two attached hydrogens (primary N) is 1. The molecule has 1 aliphatic rings. The zero-order valence-corrected chi connectivity index (χ0v) is 18.0. The zero-order chi connectivity index (χ0) is 21.3. The van der Waals surface area contributed by atoms with Crippen molar-refractivity contribution in [3.63, 3.8) is 0 Å². The van der Waals surface area contributed by atoms with E-state index in [0.29, 0.717) is 38.0 Å². The molecule has 1 heterocycles. The van der Waals surface area contributed by atoms with Crippen molar-refractivity contribution in [3.05, 3.63) is 24.3 Å². The van der Waals surface area contributed by atoms with Gasteiger partial charge in [-0.1, -0.05) is 39.0 Å². The molecule has 7 nitrogen and oxygen atoms in total. The van der Waals surface area contributed by atoms with Crippen LogP contribution in [0.25, 0.3) is 0 Å². The van der Waals surface area contributed by atoms with Crippen LogP contribution >= 0.6 is 0 Å². The highest BCUT2D eigenvalue weighted by Crippen LogP contribution is 2.21. The molecular formula is C21H33N3O4S. The highest BCUT2D eigenvalue weighted by Gasteiger charge is 2.27. The Morgan fingerprint density at radius 3 is 2.21 bits per heavy atom. The standard InChI is InChI=1S/C21H33N3O4S/c1-2-3-4-5-6-7-8-20(25)24-15-13-17(14-16-24)21(26)23-18-9-11-19(12-10-18)29(22,27)28/h9-12,17H,2-8,13-16H2,1H3,(H,23,26)(H2,22,27,28). The highest BCUT2D eigenvalue weighted by atomic mass is 32.2. The third kappa shape index (κ3) is 7.78. The molecule has 0 spiro atoms. The van der Waals surface area contributed by atoms with E-state index in [9.17, 15) is 18.0 Å². The van der Waals surface area contributed by atoms with Crippen LogP contribution < -0.4 is 10.5 Å². The fraction of sp³-hybridized carbons (Fsp3) is 0.619. The number of rotatable bonds is 10. The molecule has 1 aromatic rings. The van der Waals surface area contributed by atoms with E-state index in [0.717, 1.165) is 12.8 Å². The van der Waals surface area contributed by atoms with Crippen molar-refractivity contribution in [2.45, 2.75) is 69.6 Å². The molecule has 1 aromatic carbocycles. The van der Waals surface area contributed by atoms with Crippen LogP contribution in [0.1, 0.15) is 64.7 Å². The summed E-state index contributed by atoms with van der Waals surface area (Å²) in [5.74, 6) is -0.0553. The largest absolute Gasteiger partial charge is 0.343 e. The predicted octanol–water partition coefficient (Wildman–Crippen LogP) is 3.26. The van der Waals surface area contributed by atoms with Gasteiger partial charge in [-0.2, -0.15) is 0 Å². The van der Waals surface area contributed by atoms with Crippen molar-refractivity contribution in [2.24, 2.45) is 11.1 Å². The summed E-state index contributed by atoms with van der Waals surface area (Å²) in [6.45, 7) is 3.41. The number of primary sulfonamides is 1. The van der Waals surface area contributed by atoms with E-state index < -0.39 is 10.0 Å². The monoisotopic (exact) mass is 423 g/mol. The second-order valence-corrected chi connectivity index (χ2v) is 9.29. The molecule has 0 aromatic heterocycles. The summed E-state index contributed by atoms with van der Waals surface area (Å²) >= 11 is 0. The Bertz CT molecular complexity index is 770. The first kappa shape index (κ1) is 23.3. The van der Waals surface area contributed by atoms with Gasteiger partial charge in [-0.25, -0.2) is 13.6 Å². The molecule has 1 aliphatic heterocycles. The molecule has 0 saturated carbocycles. The lowest BCUT2D eigenvalue weighted by molar-refractivity contribution is -0.134. The number of nitrogens with one attached hydrogen (secondary N) is 1. The van der Waals surface area contributed by atoms with Crippen LogP contribution in [0.15, 0.2) is 29.2 Å². The smallest absolute Gasteiger partial charge is 0.238 e. The molecule has 3 N–H and O–H groups in total. The van der Waals surface area contributed by atoms with Gasteiger partial charge in [-0.05, 0) is 43.5 Å². The molecule has 0 aliphatic carbocycles. The van der Waals surface area contributed by atoms with Crippen LogP contribution in [-0.4, -0.2) is 38.2 Å². The number of unbranched alkanes of at least 4 members (excludes halogenated alkanes) is 5. The molecule has 2 amide bonds. The Hall–Kier alpha value is -1.93. The van der Waals surface area contributed by atoms with Crippen molar-refractivity contribution in [1.29, 1.82) is 0 Å². The number of sulfonamides is 1. The van der Waals surface area contributed by atoms with E-state index in [1.54, 1.807) is 0 Å². The van der Waals surface area contributed by atoms with Crippen LogP contribution in [-0.2, 0) is 19.6 Å². The fourth-order valence-corrected chi connectivity index (χ4v) is 4.09. The Labute approximate surface area is 174 Å². The predicted molar refractivity (Wildman–Crippen MR) is 114 cm³/mol. The molecule has 1 saturated heterocycles. The minimum atomic E-state index is -3.75. The van der Waals surface area contributed by atoms with Gasteiger partial charge in [0.1, 0.15) is 0 Å². The van der Waals surface area contributed by atoms with Gasteiger partial charge in [-0.3, -0.25) is 9.59 Å². The van der Waals surface area contributed by atoms with E-state index in [1.807, 2.05) is 4.90 Å². The summed E-state index contributed by atoms with van der Waals surface area (Å²) in [6.07, 6.45) is 8.86. The van der Waals surface area contributed by atoms with Crippen molar-refractivity contribution in [1.82, 2.24) is 4.90 Å². The normalized spacial score (nSPS) is 15.3. The molecule has 0 unspecified atom stereocenters. The van der Waals surface area contributed by atoms with Gasteiger partial charge in [0.15, 0.2) is 0 Å². The number of benzene rings is 1. The van der Waals surface area contributed by atoms with E-state index >= 15 is 0 Å². The first-order valence-electron chi connectivity index (χ1n) is 10.5. The third-order valence-corrected chi connectivity index (χ3v) is 6.34. The quantitative estimate of drug-likeness (QED) is 0.563. The number of carbonyl (C=O) groups is 2. The molecular weight excluding hydrogens is 390 g/mol. The lowest BCUT2D eigenvalue weighted by Crippen LogP contribution is -2.41. The lowest BCUT2D eigenvalue weighted by atomic mass is 9.95. The second kappa shape index (κ2) is 11.3. The van der Waals surface area contributed by atoms with Crippen molar-refractivity contribution < 1.29 is 18.0 Å². The average molecular weight is 424 g/mol. The summed E-state index contributed by atoms with van der Waals surface area (Å²) in [4.78, 5) is 26.7. The van der Waals surface area contributed by atoms with Crippen molar-refractivity contribution >= 4 is 27.5 Å². The van der Waals surface area contributed by atoms with Gasteiger partial charge in [0, 0.05) is 31.1 Å². The number of hydrogen-bond acceptors (Lipinski definition) is 4. The van der Waals surface area contributed by atoms with Crippen LogP contribution in [0.3, 0.4) is 0 Å². The molecule has 2 rings (SSSR count). The molecule has 0 radical (unpaired) electrons. The Morgan fingerprint density at radius 1 is 1.03 bits per heavy atom. The first-order valence-corrected chi connectivity index (χ1v) is 12.1. The number of piperidine rings is 1. The maximum atomic E-state index is 12.5. The van der Waals surface area contributed by atoms with Crippen molar-refractivity contribution in [2.75, 3.05) is 18.4 Å². The van der Waals surface area contributed by atoms with Gasteiger partial charge in [-0.15, -0.1) is 0 Å². The fourth-order valence-electron chi connectivity index (χ4n) is 3.58. The molecule has 0 bridgehead atoms. The Kier molecular flexibility index (Phi) is 9.10. The molecule has 29 heavy (non-hydrogen) atoms. The minimum Gasteiger partial charge on any atom is -0.343 e. The number of hydrogen-bond donors (Lipinski definition) is 2. The maximum absolute atomic E-state index is 12.5. The number of amides is 2. The molecule has 8 heteroatoms. The van der Waals surface area contributed by atoms with Crippen LogP contribution in [0.5, 0.6) is 0 Å². The lowest BCUT2D eigenvalue weighted by Gasteiger charge is -2.31. The van der Waals surface area contributed by atoms with Gasteiger partial charge in [0.2, 0.25) is 21.8 Å². The van der Waals surface area contributed by atoms with Gasteiger partial charge >= 0.3 is 0 Å². The van der Waals surface area contributed by atoms with E-state index in [1.165, 1.54) is 49.9 Å². The van der Waals surface area contributed by atoms with Crippen molar-refractivity contribution in [3.8, 4) is 0 Å². The van der Waals surface area contributed by atoms with E-state index in [4.69, 9.17) is 5.14 Å². The number of anilines is 1. The zero-order valence-electron chi connectivity index (χ0n) is 17.2. The minimum absolute atomic E-state index is 0.00711.